The van der Waals surface area contributed by atoms with Gasteiger partial charge in [0.2, 0.25) is 5.91 Å². The van der Waals surface area contributed by atoms with Crippen LogP contribution in [0.15, 0.2) is 36.4 Å². The van der Waals surface area contributed by atoms with Gasteiger partial charge in [-0.1, -0.05) is 24.3 Å². The number of nitrogens with one attached hydrogen (secondary N) is 1. The van der Waals surface area contributed by atoms with E-state index in [1.165, 1.54) is 0 Å². The molecular weight excluding hydrogens is 294 g/mol. The number of benzene rings is 1. The van der Waals surface area contributed by atoms with Gasteiger partial charge in [-0.05, 0) is 30.5 Å². The van der Waals surface area contributed by atoms with Crippen molar-refractivity contribution in [2.75, 3.05) is 13.2 Å². The molecule has 1 saturated heterocycles. The summed E-state index contributed by atoms with van der Waals surface area (Å²) in [6, 6.07) is 7.25. The molecule has 0 bridgehead atoms. The molecule has 1 aromatic rings. The van der Waals surface area contributed by atoms with Crippen LogP contribution in [-0.4, -0.2) is 36.4 Å². The topological polar surface area (TPSA) is 67.8 Å². The van der Waals surface area contributed by atoms with Crippen LogP contribution < -0.4 is 10.1 Å². The van der Waals surface area contributed by atoms with Gasteiger partial charge in [-0.2, -0.15) is 0 Å². The van der Waals surface area contributed by atoms with Gasteiger partial charge in [-0.25, -0.2) is 0 Å². The normalized spacial score (nSPS) is 24.6. The first-order valence-corrected chi connectivity index (χ1v) is 8.16. The second kappa shape index (κ2) is 7.62. The van der Waals surface area contributed by atoms with Crippen molar-refractivity contribution >= 4 is 5.91 Å². The van der Waals surface area contributed by atoms with Crippen molar-refractivity contribution in [3.63, 3.8) is 0 Å². The quantitative estimate of drug-likeness (QED) is 0.813. The van der Waals surface area contributed by atoms with E-state index in [1.54, 1.807) is 0 Å². The summed E-state index contributed by atoms with van der Waals surface area (Å²) in [5.41, 5.74) is 0.850. The van der Waals surface area contributed by atoms with Crippen molar-refractivity contribution in [1.29, 1.82) is 0 Å². The molecule has 124 valence electrons. The Morgan fingerprint density at radius 3 is 2.70 bits per heavy atom. The third kappa shape index (κ3) is 4.12. The Morgan fingerprint density at radius 2 is 2.00 bits per heavy atom. The SMILES string of the molecule is O=C(NC1COCCC1Oc1ccc(CO)cc1)C1CC=CC1. The third-order valence-electron chi connectivity index (χ3n) is 4.39. The number of allylic oxidation sites excluding steroid dienone is 2. The average Bonchev–Trinajstić information content (AvgIpc) is 3.12. The molecule has 0 saturated carbocycles. The van der Waals surface area contributed by atoms with Gasteiger partial charge in [0.05, 0.1) is 25.9 Å². The molecule has 1 aliphatic carbocycles. The largest absolute Gasteiger partial charge is 0.488 e. The maximum Gasteiger partial charge on any atom is 0.224 e. The van der Waals surface area contributed by atoms with Gasteiger partial charge in [0.15, 0.2) is 0 Å². The Bertz CT molecular complexity index is 547. The highest BCUT2D eigenvalue weighted by Crippen LogP contribution is 2.21. The van der Waals surface area contributed by atoms with Crippen LogP contribution in [0.3, 0.4) is 0 Å². The summed E-state index contributed by atoms with van der Waals surface area (Å²) in [7, 11) is 0. The zero-order chi connectivity index (χ0) is 16.1. The Hall–Kier alpha value is -1.85. The summed E-state index contributed by atoms with van der Waals surface area (Å²) < 4.78 is 11.5. The van der Waals surface area contributed by atoms with Crippen molar-refractivity contribution in [3.8, 4) is 5.75 Å². The number of amides is 1. The monoisotopic (exact) mass is 317 g/mol. The van der Waals surface area contributed by atoms with Crippen molar-refractivity contribution < 1.29 is 19.4 Å². The van der Waals surface area contributed by atoms with Gasteiger partial charge in [0.25, 0.3) is 0 Å². The zero-order valence-corrected chi connectivity index (χ0v) is 13.1. The Morgan fingerprint density at radius 1 is 1.26 bits per heavy atom. The molecule has 23 heavy (non-hydrogen) atoms. The highest BCUT2D eigenvalue weighted by molar-refractivity contribution is 5.79. The molecule has 2 unspecified atom stereocenters. The van der Waals surface area contributed by atoms with E-state index in [9.17, 15) is 4.79 Å². The fourth-order valence-corrected chi connectivity index (χ4v) is 2.97. The predicted molar refractivity (Wildman–Crippen MR) is 86.0 cm³/mol. The molecule has 3 rings (SSSR count). The first-order chi connectivity index (χ1) is 11.3. The van der Waals surface area contributed by atoms with Crippen LogP contribution in [0, 0.1) is 5.92 Å². The van der Waals surface area contributed by atoms with Crippen LogP contribution in [0.1, 0.15) is 24.8 Å². The number of carbonyl (C=O) groups excluding carboxylic acids is 1. The summed E-state index contributed by atoms with van der Waals surface area (Å²) in [5.74, 6) is 0.868. The predicted octanol–water partition coefficient (Wildman–Crippen LogP) is 1.80. The number of hydrogen-bond donors (Lipinski definition) is 2. The van der Waals surface area contributed by atoms with E-state index >= 15 is 0 Å². The number of rotatable bonds is 5. The maximum absolute atomic E-state index is 12.3. The molecule has 1 amide bonds. The summed E-state index contributed by atoms with van der Waals surface area (Å²) >= 11 is 0. The van der Waals surface area contributed by atoms with Crippen molar-refractivity contribution in [2.24, 2.45) is 5.92 Å². The number of carbonyl (C=O) groups is 1. The van der Waals surface area contributed by atoms with Crippen LogP contribution in [-0.2, 0) is 16.1 Å². The standard InChI is InChI=1S/C18H23NO4/c20-11-13-5-7-15(8-6-13)23-17-9-10-22-12-16(17)19-18(21)14-3-1-2-4-14/h1-2,5-8,14,16-17,20H,3-4,9-12H2,(H,19,21). The van der Waals surface area contributed by atoms with Crippen molar-refractivity contribution in [3.05, 3.63) is 42.0 Å². The van der Waals surface area contributed by atoms with Gasteiger partial charge in [0, 0.05) is 12.3 Å². The third-order valence-corrected chi connectivity index (χ3v) is 4.39. The van der Waals surface area contributed by atoms with Crippen molar-refractivity contribution in [2.45, 2.75) is 38.0 Å². The van der Waals surface area contributed by atoms with Gasteiger partial charge in [-0.3, -0.25) is 4.79 Å². The second-order valence-corrected chi connectivity index (χ2v) is 6.08. The first kappa shape index (κ1) is 16.0. The van der Waals surface area contributed by atoms with Crippen LogP contribution in [0.4, 0.5) is 0 Å². The molecule has 0 spiro atoms. The molecule has 2 aliphatic rings. The minimum Gasteiger partial charge on any atom is -0.488 e. The fraction of sp³-hybridized carbons (Fsp3) is 0.500. The Kier molecular flexibility index (Phi) is 5.31. The molecular formula is C18H23NO4. The highest BCUT2D eigenvalue weighted by Gasteiger charge is 2.31. The molecule has 1 fully saturated rings. The lowest BCUT2D eigenvalue weighted by molar-refractivity contribution is -0.127. The number of hydrogen-bond acceptors (Lipinski definition) is 4. The number of aliphatic hydroxyl groups is 1. The van der Waals surface area contributed by atoms with Gasteiger partial charge in [0.1, 0.15) is 11.9 Å². The minimum absolute atomic E-state index is 0.0195. The summed E-state index contributed by atoms with van der Waals surface area (Å²) in [4.78, 5) is 12.3. The summed E-state index contributed by atoms with van der Waals surface area (Å²) in [6.45, 7) is 1.13. The fourth-order valence-electron chi connectivity index (χ4n) is 2.97. The molecule has 5 nitrogen and oxygen atoms in total. The van der Waals surface area contributed by atoms with Gasteiger partial charge >= 0.3 is 0 Å². The van der Waals surface area contributed by atoms with Crippen molar-refractivity contribution in [1.82, 2.24) is 5.32 Å². The van der Waals surface area contributed by atoms with E-state index in [0.717, 1.165) is 30.6 Å². The minimum atomic E-state index is -0.130. The van der Waals surface area contributed by atoms with Gasteiger partial charge in [-0.15, -0.1) is 0 Å². The molecule has 0 aromatic heterocycles. The van der Waals surface area contributed by atoms with E-state index in [-0.39, 0.29) is 30.6 Å². The second-order valence-electron chi connectivity index (χ2n) is 6.08. The molecule has 5 heteroatoms. The summed E-state index contributed by atoms with van der Waals surface area (Å²) in [6.07, 6.45) is 6.38. The summed E-state index contributed by atoms with van der Waals surface area (Å²) in [5, 5.41) is 12.2. The molecule has 2 N–H and O–H groups in total. The highest BCUT2D eigenvalue weighted by atomic mass is 16.5. The van der Waals surface area contributed by atoms with Crippen LogP contribution in [0.5, 0.6) is 5.75 Å². The molecule has 0 radical (unpaired) electrons. The lowest BCUT2D eigenvalue weighted by Gasteiger charge is -2.33. The Balaban J connectivity index is 1.59. The van der Waals surface area contributed by atoms with Crippen LogP contribution in [0.25, 0.3) is 0 Å². The first-order valence-electron chi connectivity index (χ1n) is 8.16. The van der Waals surface area contributed by atoms with E-state index < -0.39 is 0 Å². The lowest BCUT2D eigenvalue weighted by atomic mass is 10.0. The van der Waals surface area contributed by atoms with Crippen LogP contribution >= 0.6 is 0 Å². The molecule has 1 aromatic carbocycles. The average molecular weight is 317 g/mol. The zero-order valence-electron chi connectivity index (χ0n) is 13.1. The van der Waals surface area contributed by atoms with E-state index in [0.29, 0.717) is 13.2 Å². The molecule has 1 heterocycles. The molecule has 1 aliphatic heterocycles. The Labute approximate surface area is 136 Å². The number of aliphatic hydroxyl groups excluding tert-OH is 1. The molecule has 2 atom stereocenters. The lowest BCUT2D eigenvalue weighted by Crippen LogP contribution is -2.53. The number of ether oxygens (including phenoxy) is 2. The van der Waals surface area contributed by atoms with E-state index in [4.69, 9.17) is 14.6 Å². The van der Waals surface area contributed by atoms with Gasteiger partial charge < -0.3 is 19.9 Å². The van der Waals surface area contributed by atoms with E-state index in [2.05, 4.69) is 17.5 Å². The van der Waals surface area contributed by atoms with Crippen LogP contribution in [0.2, 0.25) is 0 Å². The maximum atomic E-state index is 12.3. The smallest absolute Gasteiger partial charge is 0.224 e. The van der Waals surface area contributed by atoms with E-state index in [1.807, 2.05) is 24.3 Å².